The zero-order valence-corrected chi connectivity index (χ0v) is 18.9. The Labute approximate surface area is 190 Å². The number of hydrogen-bond donors (Lipinski definition) is 1. The highest BCUT2D eigenvalue weighted by Crippen LogP contribution is 2.40. The maximum absolute atomic E-state index is 13.5. The summed E-state index contributed by atoms with van der Waals surface area (Å²) in [4.78, 5) is 45.2. The van der Waals surface area contributed by atoms with Gasteiger partial charge < -0.3 is 15.1 Å². The average molecular weight is 439 g/mol. The fraction of sp³-hybridized carbons (Fsp3) is 0.640. The van der Waals surface area contributed by atoms with Crippen LogP contribution in [0.1, 0.15) is 74.6 Å². The normalized spacial score (nSPS) is 23.7. The molecule has 7 heteroatoms. The fourth-order valence-electron chi connectivity index (χ4n) is 5.82. The van der Waals surface area contributed by atoms with Crippen LogP contribution in [0.2, 0.25) is 0 Å². The second kappa shape index (κ2) is 9.12. The number of anilines is 2. The van der Waals surface area contributed by atoms with Crippen LogP contribution in [0.25, 0.3) is 0 Å². The number of rotatable bonds is 4. The Morgan fingerprint density at radius 3 is 2.38 bits per heavy atom. The SMILES string of the molecule is O=C(CN1C(=O)[C@@H]2CCCCN2c2ccc(C(=O)N3CCCCC3)cc21)NC1CCCC1. The summed E-state index contributed by atoms with van der Waals surface area (Å²) in [5.41, 5.74) is 2.28. The van der Waals surface area contributed by atoms with E-state index in [0.717, 1.165) is 83.1 Å². The third-order valence-corrected chi connectivity index (χ3v) is 7.54. The lowest BCUT2D eigenvalue weighted by Crippen LogP contribution is -2.57. The minimum absolute atomic E-state index is 0.0126. The molecule has 1 atom stereocenters. The molecule has 3 amide bonds. The number of nitrogens with one attached hydrogen (secondary N) is 1. The second-order valence-corrected chi connectivity index (χ2v) is 9.73. The average Bonchev–Trinajstić information content (AvgIpc) is 3.34. The minimum atomic E-state index is -0.209. The molecule has 7 nitrogen and oxygen atoms in total. The van der Waals surface area contributed by atoms with Gasteiger partial charge in [0.15, 0.2) is 0 Å². The summed E-state index contributed by atoms with van der Waals surface area (Å²) in [5.74, 6) is -0.0920. The molecule has 1 aromatic rings. The maximum atomic E-state index is 13.5. The van der Waals surface area contributed by atoms with Crippen molar-refractivity contribution in [2.75, 3.05) is 36.0 Å². The van der Waals surface area contributed by atoms with E-state index in [4.69, 9.17) is 0 Å². The Balaban J connectivity index is 1.43. The van der Waals surface area contributed by atoms with Crippen molar-refractivity contribution in [2.24, 2.45) is 0 Å². The highest BCUT2D eigenvalue weighted by atomic mass is 16.2. The predicted molar refractivity (Wildman–Crippen MR) is 124 cm³/mol. The van der Waals surface area contributed by atoms with Crippen LogP contribution in [-0.2, 0) is 9.59 Å². The van der Waals surface area contributed by atoms with Crippen LogP contribution in [0.4, 0.5) is 11.4 Å². The van der Waals surface area contributed by atoms with E-state index >= 15 is 0 Å². The second-order valence-electron chi connectivity index (χ2n) is 9.73. The van der Waals surface area contributed by atoms with Crippen LogP contribution in [0.5, 0.6) is 0 Å². The number of piperidine rings is 2. The van der Waals surface area contributed by atoms with E-state index in [1.54, 1.807) is 4.90 Å². The fourth-order valence-corrected chi connectivity index (χ4v) is 5.82. The molecule has 2 saturated heterocycles. The standard InChI is InChI=1S/C25H34N4O3/c30-23(26-19-8-2-3-9-19)17-29-22-16-18(24(31)27-13-5-1-6-14-27)11-12-20(22)28-15-7-4-10-21(28)25(29)32/h11-12,16,19,21H,1-10,13-15,17H2,(H,26,30)/t21-/m0/s1. The zero-order chi connectivity index (χ0) is 22.1. The van der Waals surface area contributed by atoms with Gasteiger partial charge in [0.05, 0.1) is 11.4 Å². The molecule has 4 aliphatic rings. The molecule has 1 saturated carbocycles. The number of nitrogens with zero attached hydrogens (tertiary/aromatic N) is 3. The van der Waals surface area contributed by atoms with E-state index in [1.165, 1.54) is 6.42 Å². The molecule has 1 aliphatic carbocycles. The summed E-state index contributed by atoms with van der Waals surface area (Å²) in [6, 6.07) is 5.74. The highest BCUT2D eigenvalue weighted by molar-refractivity contribution is 6.09. The predicted octanol–water partition coefficient (Wildman–Crippen LogP) is 3.08. The maximum Gasteiger partial charge on any atom is 0.253 e. The number of carbonyl (C=O) groups is 3. The van der Waals surface area contributed by atoms with E-state index < -0.39 is 0 Å². The Morgan fingerprint density at radius 2 is 1.59 bits per heavy atom. The lowest BCUT2D eigenvalue weighted by Gasteiger charge is -2.45. The summed E-state index contributed by atoms with van der Waals surface area (Å²) in [7, 11) is 0. The minimum Gasteiger partial charge on any atom is -0.358 e. The first-order valence-corrected chi connectivity index (χ1v) is 12.4. The summed E-state index contributed by atoms with van der Waals surface area (Å²) in [6.07, 6.45) is 10.5. The number of benzene rings is 1. The van der Waals surface area contributed by atoms with Crippen molar-refractivity contribution in [3.8, 4) is 0 Å². The molecule has 3 fully saturated rings. The first-order valence-electron chi connectivity index (χ1n) is 12.4. The van der Waals surface area contributed by atoms with Gasteiger partial charge in [-0.25, -0.2) is 0 Å². The van der Waals surface area contributed by atoms with E-state index in [1.807, 2.05) is 23.1 Å². The van der Waals surface area contributed by atoms with Crippen molar-refractivity contribution in [3.05, 3.63) is 23.8 Å². The van der Waals surface area contributed by atoms with Gasteiger partial charge in [0.25, 0.3) is 5.91 Å². The lowest BCUT2D eigenvalue weighted by atomic mass is 9.95. The van der Waals surface area contributed by atoms with Crippen molar-refractivity contribution in [3.63, 3.8) is 0 Å². The molecule has 32 heavy (non-hydrogen) atoms. The van der Waals surface area contributed by atoms with E-state index in [2.05, 4.69) is 10.2 Å². The van der Waals surface area contributed by atoms with Crippen LogP contribution >= 0.6 is 0 Å². The molecule has 0 bridgehead atoms. The van der Waals surface area contributed by atoms with Crippen molar-refractivity contribution in [2.45, 2.75) is 76.3 Å². The molecule has 5 rings (SSSR count). The molecule has 0 aromatic heterocycles. The molecule has 0 spiro atoms. The highest BCUT2D eigenvalue weighted by Gasteiger charge is 2.40. The zero-order valence-electron chi connectivity index (χ0n) is 18.9. The Kier molecular flexibility index (Phi) is 6.07. The molecule has 1 N–H and O–H groups in total. The van der Waals surface area contributed by atoms with Crippen LogP contribution in [-0.4, -0.2) is 60.9 Å². The molecule has 172 valence electrons. The Bertz CT molecular complexity index is 889. The van der Waals surface area contributed by atoms with Crippen molar-refractivity contribution in [1.82, 2.24) is 10.2 Å². The summed E-state index contributed by atoms with van der Waals surface area (Å²) in [5, 5.41) is 3.12. The summed E-state index contributed by atoms with van der Waals surface area (Å²) in [6.45, 7) is 2.44. The van der Waals surface area contributed by atoms with E-state index in [-0.39, 0.29) is 36.3 Å². The third kappa shape index (κ3) is 4.09. The Morgan fingerprint density at radius 1 is 0.875 bits per heavy atom. The van der Waals surface area contributed by atoms with Gasteiger partial charge in [0.2, 0.25) is 11.8 Å². The number of hydrogen-bond acceptors (Lipinski definition) is 4. The van der Waals surface area contributed by atoms with Gasteiger partial charge in [0.1, 0.15) is 12.6 Å². The molecule has 3 aliphatic heterocycles. The molecule has 0 unspecified atom stereocenters. The molecular formula is C25H34N4O3. The van der Waals surface area contributed by atoms with E-state index in [0.29, 0.717) is 11.3 Å². The smallest absolute Gasteiger partial charge is 0.253 e. The first-order chi connectivity index (χ1) is 15.6. The van der Waals surface area contributed by atoms with Gasteiger partial charge >= 0.3 is 0 Å². The van der Waals surface area contributed by atoms with Gasteiger partial charge in [-0.2, -0.15) is 0 Å². The van der Waals surface area contributed by atoms with Gasteiger partial charge in [-0.1, -0.05) is 12.8 Å². The number of carbonyl (C=O) groups excluding carboxylic acids is 3. The number of fused-ring (bicyclic) bond motifs is 3. The monoisotopic (exact) mass is 438 g/mol. The molecular weight excluding hydrogens is 404 g/mol. The van der Waals surface area contributed by atoms with Gasteiger partial charge in [0, 0.05) is 31.2 Å². The Hall–Kier alpha value is -2.57. The van der Waals surface area contributed by atoms with Crippen LogP contribution in [0.3, 0.4) is 0 Å². The van der Waals surface area contributed by atoms with E-state index in [9.17, 15) is 14.4 Å². The van der Waals surface area contributed by atoms with Crippen molar-refractivity contribution >= 4 is 29.1 Å². The van der Waals surface area contributed by atoms with Gasteiger partial charge in [-0.3, -0.25) is 19.3 Å². The number of amides is 3. The molecule has 1 aromatic carbocycles. The third-order valence-electron chi connectivity index (χ3n) is 7.54. The van der Waals surface area contributed by atoms with Crippen molar-refractivity contribution < 1.29 is 14.4 Å². The van der Waals surface area contributed by atoms with Crippen molar-refractivity contribution in [1.29, 1.82) is 0 Å². The molecule has 3 heterocycles. The number of likely N-dealkylation sites (tertiary alicyclic amines) is 1. The van der Waals surface area contributed by atoms with Crippen LogP contribution in [0, 0.1) is 0 Å². The topological polar surface area (TPSA) is 73.0 Å². The molecule has 0 radical (unpaired) electrons. The van der Waals surface area contributed by atoms with Gasteiger partial charge in [-0.15, -0.1) is 0 Å². The first kappa shape index (κ1) is 21.3. The van der Waals surface area contributed by atoms with Crippen LogP contribution in [0.15, 0.2) is 18.2 Å². The largest absolute Gasteiger partial charge is 0.358 e. The lowest BCUT2D eigenvalue weighted by molar-refractivity contribution is -0.125. The summed E-state index contributed by atoms with van der Waals surface area (Å²) >= 11 is 0. The van der Waals surface area contributed by atoms with Crippen LogP contribution < -0.4 is 15.1 Å². The van der Waals surface area contributed by atoms with Gasteiger partial charge in [-0.05, 0) is 69.6 Å². The quantitative estimate of drug-likeness (QED) is 0.784. The summed E-state index contributed by atoms with van der Waals surface area (Å²) < 4.78 is 0.